The molecule has 1 N–H and O–H groups in total. The van der Waals surface area contributed by atoms with Gasteiger partial charge in [0.25, 0.3) is 0 Å². The Kier molecular flexibility index (Phi) is 7.56. The third-order valence-corrected chi connectivity index (χ3v) is 3.59. The molecule has 1 aliphatic rings. The maximum Gasteiger partial charge on any atom is 0.193 e. The Balaban J connectivity index is 2.42. The Morgan fingerprint density at radius 2 is 2.37 bits per heavy atom. The first-order chi connectivity index (χ1) is 9.17. The van der Waals surface area contributed by atoms with Crippen molar-refractivity contribution >= 4 is 5.96 Å². The van der Waals surface area contributed by atoms with Crippen molar-refractivity contribution in [3.05, 3.63) is 12.7 Å². The van der Waals surface area contributed by atoms with Gasteiger partial charge in [0.2, 0.25) is 0 Å². The van der Waals surface area contributed by atoms with Crippen molar-refractivity contribution in [3.63, 3.8) is 0 Å². The van der Waals surface area contributed by atoms with Crippen molar-refractivity contribution in [3.8, 4) is 0 Å². The van der Waals surface area contributed by atoms with E-state index in [-0.39, 0.29) is 0 Å². The summed E-state index contributed by atoms with van der Waals surface area (Å²) in [4.78, 5) is 9.41. The number of rotatable bonds is 7. The molecule has 0 bridgehead atoms. The van der Waals surface area contributed by atoms with Gasteiger partial charge in [-0.25, -0.2) is 0 Å². The number of unbranched alkanes of at least 4 members (excludes halogenated alkanes) is 1. The minimum atomic E-state index is 0.722. The number of nitrogens with zero attached hydrogens (tertiary/aromatic N) is 3. The van der Waals surface area contributed by atoms with Crippen LogP contribution in [-0.2, 0) is 0 Å². The molecule has 1 fully saturated rings. The van der Waals surface area contributed by atoms with Gasteiger partial charge in [0.1, 0.15) is 0 Å². The highest BCUT2D eigenvalue weighted by atomic mass is 15.3. The second-order valence-corrected chi connectivity index (χ2v) is 5.46. The van der Waals surface area contributed by atoms with E-state index in [0.29, 0.717) is 0 Å². The number of hydrogen-bond donors (Lipinski definition) is 1. The maximum atomic E-state index is 4.79. The first-order valence-electron chi connectivity index (χ1n) is 7.46. The van der Waals surface area contributed by atoms with E-state index in [1.54, 1.807) is 0 Å². The summed E-state index contributed by atoms with van der Waals surface area (Å²) in [5, 5.41) is 3.38. The highest BCUT2D eigenvalue weighted by Gasteiger charge is 2.19. The predicted octanol–water partition coefficient (Wildman–Crippen LogP) is 1.80. The Bertz CT molecular complexity index is 288. The average molecular weight is 266 g/mol. The van der Waals surface area contributed by atoms with Crippen molar-refractivity contribution < 1.29 is 0 Å². The number of aliphatic imine (C=N–C) groups is 1. The Morgan fingerprint density at radius 3 is 2.95 bits per heavy atom. The zero-order chi connectivity index (χ0) is 14.1. The molecule has 0 aromatic heterocycles. The fraction of sp³-hybridized carbons (Fsp3) is 0.800. The molecule has 0 aromatic carbocycles. The fourth-order valence-electron chi connectivity index (χ4n) is 2.44. The lowest BCUT2D eigenvalue weighted by atomic mass is 10.1. The van der Waals surface area contributed by atoms with Gasteiger partial charge in [0, 0.05) is 33.2 Å². The lowest BCUT2D eigenvalue weighted by Crippen LogP contribution is -2.39. The highest BCUT2D eigenvalue weighted by Crippen LogP contribution is 2.14. The number of guanidine groups is 1. The minimum Gasteiger partial charge on any atom is -0.357 e. The normalized spacial score (nSPS) is 20.6. The Labute approximate surface area is 118 Å². The van der Waals surface area contributed by atoms with E-state index in [4.69, 9.17) is 4.99 Å². The van der Waals surface area contributed by atoms with Crippen LogP contribution in [0.25, 0.3) is 0 Å². The van der Waals surface area contributed by atoms with E-state index in [2.05, 4.69) is 42.7 Å². The zero-order valence-electron chi connectivity index (χ0n) is 12.9. The molecule has 0 spiro atoms. The van der Waals surface area contributed by atoms with Crippen molar-refractivity contribution in [1.82, 2.24) is 15.1 Å². The van der Waals surface area contributed by atoms with Gasteiger partial charge in [0.15, 0.2) is 5.96 Å². The van der Waals surface area contributed by atoms with Crippen molar-refractivity contribution in [2.24, 2.45) is 10.9 Å². The summed E-state index contributed by atoms with van der Waals surface area (Å²) in [6.07, 6.45) is 5.46. The smallest absolute Gasteiger partial charge is 0.193 e. The summed E-state index contributed by atoms with van der Waals surface area (Å²) in [5.74, 6) is 1.77. The van der Waals surface area contributed by atoms with E-state index >= 15 is 0 Å². The van der Waals surface area contributed by atoms with Crippen LogP contribution in [0.3, 0.4) is 0 Å². The lowest BCUT2D eigenvalue weighted by molar-refractivity contribution is 0.396. The molecule has 4 heteroatoms. The van der Waals surface area contributed by atoms with Gasteiger partial charge in [-0.3, -0.25) is 4.99 Å². The molecule has 1 aliphatic heterocycles. The first-order valence-corrected chi connectivity index (χ1v) is 7.46. The molecular weight excluding hydrogens is 236 g/mol. The summed E-state index contributed by atoms with van der Waals surface area (Å²) in [7, 11) is 4.31. The largest absolute Gasteiger partial charge is 0.357 e. The lowest BCUT2D eigenvalue weighted by Gasteiger charge is -2.22. The van der Waals surface area contributed by atoms with Gasteiger partial charge < -0.3 is 15.1 Å². The molecule has 1 unspecified atom stereocenters. The van der Waals surface area contributed by atoms with Crippen LogP contribution >= 0.6 is 0 Å². The second-order valence-electron chi connectivity index (χ2n) is 5.46. The van der Waals surface area contributed by atoms with Crippen LogP contribution in [-0.4, -0.2) is 62.6 Å². The van der Waals surface area contributed by atoms with Gasteiger partial charge in [-0.2, -0.15) is 0 Å². The molecule has 1 saturated heterocycles. The Morgan fingerprint density at radius 1 is 1.58 bits per heavy atom. The third kappa shape index (κ3) is 6.10. The molecular formula is C15H30N4. The molecule has 0 aliphatic carbocycles. The van der Waals surface area contributed by atoms with E-state index in [1.807, 2.05) is 6.08 Å². The summed E-state index contributed by atoms with van der Waals surface area (Å²) >= 11 is 0. The molecule has 0 amide bonds. The van der Waals surface area contributed by atoms with Crippen LogP contribution in [0.4, 0.5) is 0 Å². The molecule has 1 atom stereocenters. The van der Waals surface area contributed by atoms with Crippen LogP contribution < -0.4 is 5.32 Å². The first kappa shape index (κ1) is 16.0. The van der Waals surface area contributed by atoms with Crippen molar-refractivity contribution in [2.45, 2.75) is 26.2 Å². The van der Waals surface area contributed by atoms with Gasteiger partial charge in [-0.05, 0) is 45.7 Å². The van der Waals surface area contributed by atoms with Crippen LogP contribution in [0.5, 0.6) is 0 Å². The van der Waals surface area contributed by atoms with E-state index in [9.17, 15) is 0 Å². The summed E-state index contributed by atoms with van der Waals surface area (Å²) in [6.45, 7) is 11.2. The van der Waals surface area contributed by atoms with Crippen molar-refractivity contribution in [1.29, 1.82) is 0 Å². The molecule has 0 aromatic rings. The maximum absolute atomic E-state index is 4.79. The number of likely N-dealkylation sites (tertiary alicyclic amines) is 1. The molecule has 1 rings (SSSR count). The molecule has 0 saturated carbocycles. The Hall–Kier alpha value is -1.03. The highest BCUT2D eigenvalue weighted by molar-refractivity contribution is 5.79. The van der Waals surface area contributed by atoms with Gasteiger partial charge in [-0.1, -0.05) is 6.08 Å². The van der Waals surface area contributed by atoms with Crippen molar-refractivity contribution in [2.75, 3.05) is 46.8 Å². The van der Waals surface area contributed by atoms with Crippen LogP contribution in [0.15, 0.2) is 17.6 Å². The second kappa shape index (κ2) is 8.97. The SMILES string of the molecule is C=CCCCN(C)C(=NCC1CCN(C)C1)NCC. The molecule has 4 nitrogen and oxygen atoms in total. The summed E-state index contributed by atoms with van der Waals surface area (Å²) in [5.41, 5.74) is 0. The topological polar surface area (TPSA) is 30.9 Å². The monoisotopic (exact) mass is 266 g/mol. The average Bonchev–Trinajstić information content (AvgIpc) is 2.80. The molecule has 0 radical (unpaired) electrons. The fourth-order valence-corrected chi connectivity index (χ4v) is 2.44. The van der Waals surface area contributed by atoms with Crippen LogP contribution in [0, 0.1) is 5.92 Å². The number of hydrogen-bond acceptors (Lipinski definition) is 2. The number of allylic oxidation sites excluding steroid dienone is 1. The predicted molar refractivity (Wildman–Crippen MR) is 83.6 cm³/mol. The minimum absolute atomic E-state index is 0.722. The van der Waals surface area contributed by atoms with Gasteiger partial charge in [-0.15, -0.1) is 6.58 Å². The summed E-state index contributed by atoms with van der Waals surface area (Å²) in [6, 6.07) is 0. The third-order valence-electron chi connectivity index (χ3n) is 3.59. The molecule has 110 valence electrons. The van der Waals surface area contributed by atoms with Gasteiger partial charge in [0.05, 0.1) is 0 Å². The molecule has 1 heterocycles. The standard InChI is InChI=1S/C15H30N4/c1-5-7-8-10-19(4)15(16-6-2)17-12-14-9-11-18(3)13-14/h5,14H,1,6-13H2,2-4H3,(H,16,17). The quantitative estimate of drug-likeness (QED) is 0.330. The van der Waals surface area contributed by atoms with E-state index in [1.165, 1.54) is 19.5 Å². The van der Waals surface area contributed by atoms with Crippen LogP contribution in [0.1, 0.15) is 26.2 Å². The van der Waals surface area contributed by atoms with E-state index in [0.717, 1.165) is 44.4 Å². The molecule has 19 heavy (non-hydrogen) atoms. The summed E-state index contributed by atoms with van der Waals surface area (Å²) < 4.78 is 0. The van der Waals surface area contributed by atoms with E-state index < -0.39 is 0 Å². The van der Waals surface area contributed by atoms with Gasteiger partial charge >= 0.3 is 0 Å². The zero-order valence-corrected chi connectivity index (χ0v) is 12.9. The number of nitrogens with one attached hydrogen (secondary N) is 1. The van der Waals surface area contributed by atoms with Crippen LogP contribution in [0.2, 0.25) is 0 Å².